The summed E-state index contributed by atoms with van der Waals surface area (Å²) in [5.74, 6) is 0.754. The van der Waals surface area contributed by atoms with Crippen molar-refractivity contribution >= 4 is 33.0 Å². The van der Waals surface area contributed by atoms with Crippen LogP contribution in [0.3, 0.4) is 0 Å². The van der Waals surface area contributed by atoms with Crippen molar-refractivity contribution in [2.75, 3.05) is 18.2 Å². The summed E-state index contributed by atoms with van der Waals surface area (Å²) in [7, 11) is 1.62. The third kappa shape index (κ3) is 2.91. The molecule has 0 radical (unpaired) electrons. The molecule has 0 bridgehead atoms. The van der Waals surface area contributed by atoms with E-state index in [9.17, 15) is 0 Å². The van der Waals surface area contributed by atoms with Crippen molar-refractivity contribution in [2.24, 2.45) is 0 Å². The van der Waals surface area contributed by atoms with E-state index in [1.165, 1.54) is 0 Å². The maximum Gasteiger partial charge on any atom is 0.121 e. The fourth-order valence-corrected chi connectivity index (χ4v) is 1.73. The van der Waals surface area contributed by atoms with E-state index in [1.807, 2.05) is 36.4 Å². The minimum absolute atomic E-state index is 0.660. The van der Waals surface area contributed by atoms with E-state index in [-0.39, 0.29) is 0 Å². The summed E-state index contributed by atoms with van der Waals surface area (Å²) < 4.78 is 6.15. The molecule has 4 heteroatoms. The standard InChI is InChI=1S/C13H13BrN2O/c1-17-11-6-7-13(12(15)8-11)16-10-4-2-9(14)3-5-10/h2-8,16H,15H2,1H3. The summed E-state index contributed by atoms with van der Waals surface area (Å²) in [5, 5.41) is 3.25. The molecule has 2 aromatic rings. The number of methoxy groups -OCH3 is 1. The Balaban J connectivity index is 2.21. The number of rotatable bonds is 3. The van der Waals surface area contributed by atoms with E-state index < -0.39 is 0 Å². The fraction of sp³-hybridized carbons (Fsp3) is 0.0769. The first-order valence-electron chi connectivity index (χ1n) is 5.15. The zero-order valence-corrected chi connectivity index (χ0v) is 11.0. The van der Waals surface area contributed by atoms with Gasteiger partial charge in [0.1, 0.15) is 5.75 Å². The molecular weight excluding hydrogens is 280 g/mol. The lowest BCUT2D eigenvalue weighted by molar-refractivity contribution is 0.415. The van der Waals surface area contributed by atoms with Gasteiger partial charge in [0, 0.05) is 16.2 Å². The van der Waals surface area contributed by atoms with E-state index in [4.69, 9.17) is 10.5 Å². The van der Waals surface area contributed by atoms with Gasteiger partial charge in [-0.2, -0.15) is 0 Å². The van der Waals surface area contributed by atoms with Gasteiger partial charge in [-0.15, -0.1) is 0 Å². The van der Waals surface area contributed by atoms with E-state index in [0.29, 0.717) is 5.69 Å². The fourth-order valence-electron chi connectivity index (χ4n) is 1.47. The Bertz CT molecular complexity index is 511. The highest BCUT2D eigenvalue weighted by Gasteiger charge is 2.01. The van der Waals surface area contributed by atoms with Gasteiger partial charge in [-0.1, -0.05) is 15.9 Å². The van der Waals surface area contributed by atoms with Crippen molar-refractivity contribution in [3.05, 3.63) is 46.9 Å². The van der Waals surface area contributed by atoms with Gasteiger partial charge in [-0.3, -0.25) is 0 Å². The molecule has 0 spiro atoms. The van der Waals surface area contributed by atoms with Gasteiger partial charge >= 0.3 is 0 Å². The van der Waals surface area contributed by atoms with Crippen LogP contribution in [0.4, 0.5) is 17.1 Å². The first-order valence-corrected chi connectivity index (χ1v) is 5.94. The number of hydrogen-bond donors (Lipinski definition) is 2. The van der Waals surface area contributed by atoms with Crippen LogP contribution in [0.2, 0.25) is 0 Å². The van der Waals surface area contributed by atoms with Crippen molar-refractivity contribution in [2.45, 2.75) is 0 Å². The van der Waals surface area contributed by atoms with Gasteiger partial charge in [-0.25, -0.2) is 0 Å². The molecule has 0 aromatic heterocycles. The Hall–Kier alpha value is -1.68. The molecule has 0 aliphatic heterocycles. The minimum atomic E-state index is 0.660. The SMILES string of the molecule is COc1ccc(Nc2ccc(Br)cc2)c(N)c1. The van der Waals surface area contributed by atoms with Crippen molar-refractivity contribution in [3.8, 4) is 5.75 Å². The molecule has 3 nitrogen and oxygen atoms in total. The normalized spacial score (nSPS) is 10.0. The molecule has 0 amide bonds. The van der Waals surface area contributed by atoms with Crippen LogP contribution in [0.5, 0.6) is 5.75 Å². The quantitative estimate of drug-likeness (QED) is 0.847. The van der Waals surface area contributed by atoms with Crippen LogP contribution in [-0.4, -0.2) is 7.11 Å². The Labute approximate surface area is 109 Å². The molecular formula is C13H13BrN2O. The number of anilines is 3. The van der Waals surface area contributed by atoms with Crippen molar-refractivity contribution in [1.29, 1.82) is 0 Å². The second-order valence-electron chi connectivity index (χ2n) is 3.59. The second-order valence-corrected chi connectivity index (χ2v) is 4.50. The number of nitrogen functional groups attached to an aromatic ring is 1. The van der Waals surface area contributed by atoms with E-state index in [0.717, 1.165) is 21.6 Å². The molecule has 3 N–H and O–H groups in total. The monoisotopic (exact) mass is 292 g/mol. The smallest absolute Gasteiger partial charge is 0.121 e. The Morgan fingerprint density at radius 3 is 2.41 bits per heavy atom. The summed E-state index contributed by atoms with van der Waals surface area (Å²) in [6.45, 7) is 0. The summed E-state index contributed by atoms with van der Waals surface area (Å²) >= 11 is 3.40. The van der Waals surface area contributed by atoms with E-state index in [2.05, 4.69) is 21.2 Å². The van der Waals surface area contributed by atoms with Crippen molar-refractivity contribution in [3.63, 3.8) is 0 Å². The predicted octanol–water partition coefficient (Wildman–Crippen LogP) is 3.78. The molecule has 17 heavy (non-hydrogen) atoms. The average molecular weight is 293 g/mol. The van der Waals surface area contributed by atoms with Gasteiger partial charge in [0.2, 0.25) is 0 Å². The molecule has 0 atom stereocenters. The number of benzene rings is 2. The molecule has 2 aromatic carbocycles. The summed E-state index contributed by atoms with van der Waals surface area (Å²) in [5.41, 5.74) is 8.44. The summed E-state index contributed by atoms with van der Waals surface area (Å²) in [6, 6.07) is 13.5. The Morgan fingerprint density at radius 1 is 1.12 bits per heavy atom. The van der Waals surface area contributed by atoms with Crippen LogP contribution in [0.25, 0.3) is 0 Å². The molecule has 0 aliphatic rings. The van der Waals surface area contributed by atoms with Crippen LogP contribution in [-0.2, 0) is 0 Å². The number of hydrogen-bond acceptors (Lipinski definition) is 3. The molecule has 0 heterocycles. The Kier molecular flexibility index (Phi) is 3.54. The van der Waals surface area contributed by atoms with Gasteiger partial charge in [0.05, 0.1) is 18.5 Å². The zero-order chi connectivity index (χ0) is 12.3. The van der Waals surface area contributed by atoms with Crippen molar-refractivity contribution in [1.82, 2.24) is 0 Å². The molecule has 2 rings (SSSR count). The topological polar surface area (TPSA) is 47.3 Å². The van der Waals surface area contributed by atoms with Crippen LogP contribution in [0.15, 0.2) is 46.9 Å². The molecule has 0 unspecified atom stereocenters. The third-order valence-corrected chi connectivity index (χ3v) is 2.91. The summed E-state index contributed by atoms with van der Waals surface area (Å²) in [4.78, 5) is 0. The second kappa shape index (κ2) is 5.10. The summed E-state index contributed by atoms with van der Waals surface area (Å²) in [6.07, 6.45) is 0. The van der Waals surface area contributed by atoms with Gasteiger partial charge in [-0.05, 0) is 36.4 Å². The van der Waals surface area contributed by atoms with Crippen LogP contribution < -0.4 is 15.8 Å². The lowest BCUT2D eigenvalue weighted by Crippen LogP contribution is -1.96. The predicted molar refractivity (Wildman–Crippen MR) is 74.8 cm³/mol. The van der Waals surface area contributed by atoms with Crippen LogP contribution in [0.1, 0.15) is 0 Å². The van der Waals surface area contributed by atoms with Gasteiger partial charge in [0.15, 0.2) is 0 Å². The first-order chi connectivity index (χ1) is 8.19. The average Bonchev–Trinajstić information content (AvgIpc) is 2.34. The van der Waals surface area contributed by atoms with Gasteiger partial charge < -0.3 is 15.8 Å². The molecule has 88 valence electrons. The highest BCUT2D eigenvalue weighted by molar-refractivity contribution is 9.10. The third-order valence-electron chi connectivity index (χ3n) is 2.38. The molecule has 0 fully saturated rings. The molecule has 0 saturated heterocycles. The number of nitrogens with two attached hydrogens (primary N) is 1. The first kappa shape index (κ1) is 11.8. The number of halogens is 1. The highest BCUT2D eigenvalue weighted by atomic mass is 79.9. The highest BCUT2D eigenvalue weighted by Crippen LogP contribution is 2.27. The van der Waals surface area contributed by atoms with Crippen molar-refractivity contribution < 1.29 is 4.74 Å². The van der Waals surface area contributed by atoms with Crippen LogP contribution in [0, 0.1) is 0 Å². The van der Waals surface area contributed by atoms with E-state index in [1.54, 1.807) is 13.2 Å². The molecule has 0 aliphatic carbocycles. The van der Waals surface area contributed by atoms with Gasteiger partial charge in [0.25, 0.3) is 0 Å². The lowest BCUT2D eigenvalue weighted by Gasteiger charge is -2.10. The van der Waals surface area contributed by atoms with Crippen LogP contribution >= 0.6 is 15.9 Å². The zero-order valence-electron chi connectivity index (χ0n) is 9.41. The molecule has 0 saturated carbocycles. The minimum Gasteiger partial charge on any atom is -0.497 e. The largest absolute Gasteiger partial charge is 0.497 e. The van der Waals surface area contributed by atoms with E-state index >= 15 is 0 Å². The number of nitrogens with one attached hydrogen (secondary N) is 1. The Morgan fingerprint density at radius 2 is 1.82 bits per heavy atom. The maximum atomic E-state index is 5.92. The lowest BCUT2D eigenvalue weighted by atomic mass is 10.2. The maximum absolute atomic E-state index is 5.92. The number of ether oxygens (including phenoxy) is 1.